The third-order valence-corrected chi connectivity index (χ3v) is 5.05. The van der Waals surface area contributed by atoms with E-state index in [1.54, 1.807) is 4.68 Å². The van der Waals surface area contributed by atoms with E-state index >= 15 is 0 Å². The average molecular weight is 380 g/mol. The molecule has 1 aromatic carbocycles. The van der Waals surface area contributed by atoms with E-state index in [0.717, 1.165) is 42.9 Å². The Morgan fingerprint density at radius 1 is 1.36 bits per heavy atom. The van der Waals surface area contributed by atoms with Crippen molar-refractivity contribution in [3.8, 4) is 0 Å². The zero-order valence-electron chi connectivity index (χ0n) is 16.1. The number of amides is 1. The van der Waals surface area contributed by atoms with E-state index in [9.17, 15) is 4.79 Å². The molecule has 4 rings (SSSR count). The molecule has 3 heterocycles. The summed E-state index contributed by atoms with van der Waals surface area (Å²) in [5.41, 5.74) is 2.60. The molecule has 1 amide bonds. The van der Waals surface area contributed by atoms with Crippen molar-refractivity contribution in [1.29, 1.82) is 0 Å². The number of nitrogens with one attached hydrogen (secondary N) is 1. The van der Waals surface area contributed by atoms with E-state index in [1.165, 1.54) is 6.33 Å². The van der Waals surface area contributed by atoms with Crippen LogP contribution in [-0.2, 0) is 13.1 Å². The fourth-order valence-electron chi connectivity index (χ4n) is 3.69. The van der Waals surface area contributed by atoms with E-state index in [0.29, 0.717) is 18.1 Å². The molecule has 8 nitrogen and oxygen atoms in total. The molecule has 0 saturated carbocycles. The monoisotopic (exact) mass is 380 g/mol. The van der Waals surface area contributed by atoms with Gasteiger partial charge in [-0.3, -0.25) is 15.0 Å². The van der Waals surface area contributed by atoms with Crippen molar-refractivity contribution in [1.82, 2.24) is 24.8 Å². The molecule has 146 valence electrons. The van der Waals surface area contributed by atoms with Crippen LogP contribution in [0.4, 0.5) is 5.95 Å². The number of aryl methyl sites for hydroxylation is 2. The summed E-state index contributed by atoms with van der Waals surface area (Å²) in [6.45, 7) is 6.30. The van der Waals surface area contributed by atoms with Gasteiger partial charge in [-0.05, 0) is 50.9 Å². The van der Waals surface area contributed by atoms with Gasteiger partial charge >= 0.3 is 0 Å². The second-order valence-corrected chi connectivity index (χ2v) is 7.05. The first kappa shape index (κ1) is 18.4. The van der Waals surface area contributed by atoms with Gasteiger partial charge < -0.3 is 4.52 Å². The molecule has 1 fully saturated rings. The summed E-state index contributed by atoms with van der Waals surface area (Å²) in [7, 11) is 0. The van der Waals surface area contributed by atoms with Crippen molar-refractivity contribution in [3.63, 3.8) is 0 Å². The first-order valence-corrected chi connectivity index (χ1v) is 9.59. The molecule has 2 aromatic heterocycles. The normalized spacial score (nSPS) is 17.1. The third kappa shape index (κ3) is 3.82. The molecular weight excluding hydrogens is 356 g/mol. The number of likely N-dealkylation sites (tertiary alicyclic amines) is 1. The summed E-state index contributed by atoms with van der Waals surface area (Å²) < 4.78 is 7.14. The lowest BCUT2D eigenvalue weighted by molar-refractivity contribution is 0.102. The number of carbonyl (C=O) groups is 1. The Hall–Kier alpha value is -3.00. The molecular formula is C20H24N6O2. The molecule has 1 unspecified atom stereocenters. The number of hydrogen-bond donors (Lipinski definition) is 1. The number of anilines is 1. The maximum atomic E-state index is 12.6. The topological polar surface area (TPSA) is 89.1 Å². The Morgan fingerprint density at radius 2 is 2.25 bits per heavy atom. The standard InChI is InChI=1S/C20H24N6O2/c1-3-26-20(21-13-22-26)23-19(27)16-7-4-6-15(11-16)12-25-9-5-8-17(25)18-10-14(2)24-28-18/h4,6-7,10-11,13,17H,3,5,8-9,12H2,1-2H3,(H,21,22,23,27). The minimum Gasteiger partial charge on any atom is -0.359 e. The van der Waals surface area contributed by atoms with Gasteiger partial charge in [-0.2, -0.15) is 10.1 Å². The van der Waals surface area contributed by atoms with E-state index < -0.39 is 0 Å². The van der Waals surface area contributed by atoms with Crippen molar-refractivity contribution in [2.75, 3.05) is 11.9 Å². The van der Waals surface area contributed by atoms with Gasteiger partial charge in [-0.25, -0.2) is 4.68 Å². The van der Waals surface area contributed by atoms with Gasteiger partial charge in [0.25, 0.3) is 5.91 Å². The first-order valence-electron chi connectivity index (χ1n) is 9.59. The van der Waals surface area contributed by atoms with Crippen LogP contribution in [0, 0.1) is 6.92 Å². The van der Waals surface area contributed by atoms with Crippen LogP contribution in [-0.4, -0.2) is 37.3 Å². The minimum absolute atomic E-state index is 0.187. The lowest BCUT2D eigenvalue weighted by atomic mass is 10.1. The smallest absolute Gasteiger partial charge is 0.258 e. The highest BCUT2D eigenvalue weighted by Crippen LogP contribution is 2.33. The third-order valence-electron chi connectivity index (χ3n) is 5.05. The molecule has 1 atom stereocenters. The second kappa shape index (κ2) is 7.93. The van der Waals surface area contributed by atoms with Crippen molar-refractivity contribution in [2.24, 2.45) is 0 Å². The van der Waals surface area contributed by atoms with Crippen molar-refractivity contribution in [2.45, 2.75) is 45.8 Å². The largest absolute Gasteiger partial charge is 0.359 e. The molecule has 1 aliphatic heterocycles. The summed E-state index contributed by atoms with van der Waals surface area (Å²) in [6, 6.07) is 9.96. The second-order valence-electron chi connectivity index (χ2n) is 7.05. The van der Waals surface area contributed by atoms with E-state index in [1.807, 2.05) is 44.2 Å². The predicted octanol–water partition coefficient (Wildman–Crippen LogP) is 3.18. The highest BCUT2D eigenvalue weighted by atomic mass is 16.5. The van der Waals surface area contributed by atoms with Gasteiger partial charge in [0.2, 0.25) is 5.95 Å². The minimum atomic E-state index is -0.187. The Labute approximate surface area is 163 Å². The van der Waals surface area contributed by atoms with Gasteiger partial charge in [0, 0.05) is 24.7 Å². The Bertz CT molecular complexity index is 963. The molecule has 0 radical (unpaired) electrons. The maximum Gasteiger partial charge on any atom is 0.258 e. The van der Waals surface area contributed by atoms with Crippen LogP contribution in [0.2, 0.25) is 0 Å². The zero-order valence-corrected chi connectivity index (χ0v) is 16.1. The van der Waals surface area contributed by atoms with Crippen LogP contribution >= 0.6 is 0 Å². The van der Waals surface area contributed by atoms with E-state index in [4.69, 9.17) is 4.52 Å². The summed E-state index contributed by atoms with van der Waals surface area (Å²) >= 11 is 0. The molecule has 1 N–H and O–H groups in total. The first-order chi connectivity index (χ1) is 13.6. The molecule has 8 heteroatoms. The quantitative estimate of drug-likeness (QED) is 0.706. The molecule has 0 spiro atoms. The highest BCUT2D eigenvalue weighted by molar-refractivity contribution is 6.03. The predicted molar refractivity (Wildman–Crippen MR) is 104 cm³/mol. The average Bonchev–Trinajstić information content (AvgIpc) is 3.43. The van der Waals surface area contributed by atoms with Gasteiger partial charge in [0.15, 0.2) is 5.76 Å². The van der Waals surface area contributed by atoms with Crippen molar-refractivity contribution < 1.29 is 9.32 Å². The Morgan fingerprint density at radius 3 is 3.04 bits per heavy atom. The fourth-order valence-corrected chi connectivity index (χ4v) is 3.69. The maximum absolute atomic E-state index is 12.6. The van der Waals surface area contributed by atoms with Crippen LogP contribution in [0.25, 0.3) is 0 Å². The van der Waals surface area contributed by atoms with Gasteiger partial charge in [-0.1, -0.05) is 17.3 Å². The van der Waals surface area contributed by atoms with Crippen molar-refractivity contribution in [3.05, 3.63) is 59.2 Å². The summed E-state index contributed by atoms with van der Waals surface area (Å²) in [6.07, 6.45) is 3.62. The van der Waals surface area contributed by atoms with Crippen LogP contribution in [0.3, 0.4) is 0 Å². The van der Waals surface area contributed by atoms with Gasteiger partial charge in [0.1, 0.15) is 6.33 Å². The highest BCUT2D eigenvalue weighted by Gasteiger charge is 2.29. The van der Waals surface area contributed by atoms with Gasteiger partial charge in [-0.15, -0.1) is 0 Å². The fraction of sp³-hybridized carbons (Fsp3) is 0.400. The van der Waals surface area contributed by atoms with Crippen LogP contribution in [0.15, 0.2) is 41.2 Å². The van der Waals surface area contributed by atoms with Crippen LogP contribution in [0.1, 0.15) is 53.2 Å². The number of hydrogen-bond acceptors (Lipinski definition) is 6. The molecule has 1 saturated heterocycles. The lowest BCUT2D eigenvalue weighted by Gasteiger charge is -2.22. The Balaban J connectivity index is 1.47. The molecule has 0 bridgehead atoms. The summed E-state index contributed by atoms with van der Waals surface area (Å²) in [5.74, 6) is 1.19. The molecule has 28 heavy (non-hydrogen) atoms. The number of benzene rings is 1. The van der Waals surface area contributed by atoms with Gasteiger partial charge in [0.05, 0.1) is 11.7 Å². The van der Waals surface area contributed by atoms with Crippen LogP contribution in [0.5, 0.6) is 0 Å². The number of carbonyl (C=O) groups excluding carboxylic acids is 1. The van der Waals surface area contributed by atoms with E-state index in [2.05, 4.69) is 25.5 Å². The SMILES string of the molecule is CCn1ncnc1NC(=O)c1cccc(CN2CCCC2c2cc(C)no2)c1. The summed E-state index contributed by atoms with van der Waals surface area (Å²) in [5, 5.41) is 10.9. The number of nitrogens with zero attached hydrogens (tertiary/aromatic N) is 5. The zero-order chi connectivity index (χ0) is 19.5. The molecule has 3 aromatic rings. The van der Waals surface area contributed by atoms with E-state index in [-0.39, 0.29) is 11.9 Å². The Kier molecular flexibility index (Phi) is 5.21. The lowest BCUT2D eigenvalue weighted by Crippen LogP contribution is -2.23. The van der Waals surface area contributed by atoms with Crippen molar-refractivity contribution >= 4 is 11.9 Å². The number of rotatable bonds is 6. The number of aromatic nitrogens is 4. The molecule has 1 aliphatic rings. The molecule has 0 aliphatic carbocycles. The van der Waals surface area contributed by atoms with Crippen LogP contribution < -0.4 is 5.32 Å². The summed E-state index contributed by atoms with van der Waals surface area (Å²) in [4.78, 5) is 19.1.